The van der Waals surface area contributed by atoms with E-state index in [-0.39, 0.29) is 30.8 Å². The average molecular weight is 585 g/mol. The molecular formula is C28H27F3N6O3S. The second kappa shape index (κ2) is 11.7. The summed E-state index contributed by atoms with van der Waals surface area (Å²) in [4.78, 5) is 12.8. The number of halogens is 3. The highest BCUT2D eigenvalue weighted by Gasteiger charge is 2.32. The van der Waals surface area contributed by atoms with Gasteiger partial charge < -0.3 is 15.4 Å². The molecule has 0 aliphatic carbocycles. The van der Waals surface area contributed by atoms with Crippen LogP contribution in [-0.4, -0.2) is 48.2 Å². The fourth-order valence-corrected chi connectivity index (χ4v) is 5.68. The van der Waals surface area contributed by atoms with Gasteiger partial charge in [0, 0.05) is 37.9 Å². The summed E-state index contributed by atoms with van der Waals surface area (Å²) in [6.45, 7) is 2.33. The van der Waals surface area contributed by atoms with Crippen LogP contribution in [0.15, 0.2) is 73.1 Å². The summed E-state index contributed by atoms with van der Waals surface area (Å²) in [5, 5.41) is 6.16. The minimum Gasteiger partial charge on any atom is -0.435 e. The van der Waals surface area contributed by atoms with Gasteiger partial charge in [-0.2, -0.15) is 4.39 Å². The molecule has 1 aliphatic heterocycles. The summed E-state index contributed by atoms with van der Waals surface area (Å²) < 4.78 is 77.1. The van der Waals surface area contributed by atoms with Crippen LogP contribution in [0, 0.1) is 11.6 Å². The zero-order valence-corrected chi connectivity index (χ0v) is 22.8. The van der Waals surface area contributed by atoms with Crippen LogP contribution in [0.5, 0.6) is 11.6 Å². The Morgan fingerprint density at radius 2 is 1.83 bits per heavy atom. The van der Waals surface area contributed by atoms with E-state index >= 15 is 4.39 Å². The average Bonchev–Trinajstić information content (AvgIpc) is 2.93. The third kappa shape index (κ3) is 7.11. The first-order valence-electron chi connectivity index (χ1n) is 12.7. The molecule has 2 atom stereocenters. The van der Waals surface area contributed by atoms with Crippen molar-refractivity contribution in [1.29, 1.82) is 0 Å². The van der Waals surface area contributed by atoms with Crippen LogP contribution in [0.25, 0.3) is 11.3 Å². The van der Waals surface area contributed by atoms with E-state index in [1.807, 2.05) is 0 Å². The monoisotopic (exact) mass is 584 g/mol. The molecule has 0 saturated carbocycles. The number of nitrogens with zero attached hydrogens (tertiary/aromatic N) is 3. The Hall–Kier alpha value is -4.23. The number of rotatable bonds is 9. The first-order chi connectivity index (χ1) is 19.6. The highest BCUT2D eigenvalue weighted by Crippen LogP contribution is 2.34. The van der Waals surface area contributed by atoms with E-state index in [2.05, 4.69) is 30.3 Å². The zero-order valence-electron chi connectivity index (χ0n) is 21.9. The lowest BCUT2D eigenvalue weighted by Gasteiger charge is -2.33. The van der Waals surface area contributed by atoms with Gasteiger partial charge in [-0.15, -0.1) is 0 Å². The SMILES string of the molecule is C[C@]1(F)CNCC(Nc2nccc(-c3cccnc3Oc3ccc(NS(=O)(=O)Cc4ccccc4)c(F)c3F)n2)C1. The maximum absolute atomic E-state index is 15.0. The number of hydrogen-bond acceptors (Lipinski definition) is 8. The number of aromatic nitrogens is 3. The van der Waals surface area contributed by atoms with Crippen molar-refractivity contribution in [3.8, 4) is 22.9 Å². The Balaban J connectivity index is 1.34. The summed E-state index contributed by atoms with van der Waals surface area (Å²) in [6.07, 6.45) is 3.19. The van der Waals surface area contributed by atoms with E-state index < -0.39 is 44.5 Å². The predicted octanol–water partition coefficient (Wildman–Crippen LogP) is 5.05. The quantitative estimate of drug-likeness (QED) is 0.250. The third-order valence-corrected chi connectivity index (χ3v) is 7.56. The standard InChI is InChI=1S/C28H27F3N6O3S/c1-28(31)14-19(15-32-17-28)35-27-34-13-11-21(36-27)20-8-5-12-33-26(20)40-23-10-9-22(24(29)25(23)30)37-41(38,39)16-18-6-3-2-4-7-18/h2-13,19,32,37H,14-17H2,1H3,(H,34,35,36)/t19?,28-/m1/s1. The minimum atomic E-state index is -4.02. The van der Waals surface area contributed by atoms with E-state index in [4.69, 9.17) is 4.74 Å². The van der Waals surface area contributed by atoms with Gasteiger partial charge in [-0.05, 0) is 42.8 Å². The molecule has 0 amide bonds. The largest absolute Gasteiger partial charge is 0.435 e. The lowest BCUT2D eigenvalue weighted by Crippen LogP contribution is -2.50. The number of hydrogen-bond donors (Lipinski definition) is 3. The molecule has 0 radical (unpaired) electrons. The van der Waals surface area contributed by atoms with Crippen molar-refractivity contribution < 1.29 is 26.3 Å². The van der Waals surface area contributed by atoms with Crippen LogP contribution < -0.4 is 20.1 Å². The van der Waals surface area contributed by atoms with Gasteiger partial charge >= 0.3 is 0 Å². The normalized spacial score (nSPS) is 19.0. The molecule has 13 heteroatoms. The van der Waals surface area contributed by atoms with E-state index in [1.165, 1.54) is 19.3 Å². The predicted molar refractivity (Wildman–Crippen MR) is 149 cm³/mol. The van der Waals surface area contributed by atoms with Crippen molar-refractivity contribution in [2.45, 2.75) is 30.8 Å². The fourth-order valence-electron chi connectivity index (χ4n) is 4.49. The number of alkyl halides is 1. The molecule has 0 bridgehead atoms. The summed E-state index contributed by atoms with van der Waals surface area (Å²) in [5.41, 5.74) is -0.692. The number of sulfonamides is 1. The van der Waals surface area contributed by atoms with Crippen molar-refractivity contribution in [2.75, 3.05) is 23.1 Å². The number of pyridine rings is 1. The topological polar surface area (TPSA) is 118 Å². The van der Waals surface area contributed by atoms with Crippen LogP contribution in [0.3, 0.4) is 0 Å². The maximum atomic E-state index is 15.0. The highest BCUT2D eigenvalue weighted by atomic mass is 32.2. The van der Waals surface area contributed by atoms with Gasteiger partial charge in [-0.25, -0.2) is 32.2 Å². The van der Waals surface area contributed by atoms with Crippen LogP contribution in [0.4, 0.5) is 24.8 Å². The van der Waals surface area contributed by atoms with Gasteiger partial charge in [0.05, 0.1) is 22.7 Å². The molecular weight excluding hydrogens is 557 g/mol. The summed E-state index contributed by atoms with van der Waals surface area (Å²) in [5.74, 6) is -3.55. The molecule has 3 N–H and O–H groups in total. The van der Waals surface area contributed by atoms with Crippen LogP contribution >= 0.6 is 0 Å². The van der Waals surface area contributed by atoms with Gasteiger partial charge in [0.1, 0.15) is 5.67 Å². The number of ether oxygens (including phenoxy) is 1. The summed E-state index contributed by atoms with van der Waals surface area (Å²) in [6, 6.07) is 15.1. The van der Waals surface area contributed by atoms with Crippen molar-refractivity contribution in [3.05, 3.63) is 90.3 Å². The lowest BCUT2D eigenvalue weighted by molar-refractivity contribution is 0.137. The van der Waals surface area contributed by atoms with Crippen molar-refractivity contribution in [3.63, 3.8) is 0 Å². The minimum absolute atomic E-state index is 0.0662. The van der Waals surface area contributed by atoms with E-state index in [0.717, 1.165) is 12.1 Å². The van der Waals surface area contributed by atoms with Crippen LogP contribution in [0.1, 0.15) is 18.9 Å². The van der Waals surface area contributed by atoms with Crippen molar-refractivity contribution >= 4 is 21.7 Å². The molecule has 2 aromatic carbocycles. The molecule has 4 aromatic rings. The fraction of sp³-hybridized carbons (Fsp3) is 0.250. The molecule has 1 aliphatic rings. The number of benzene rings is 2. The summed E-state index contributed by atoms with van der Waals surface area (Å²) in [7, 11) is -4.02. The highest BCUT2D eigenvalue weighted by molar-refractivity contribution is 7.91. The Kier molecular flexibility index (Phi) is 8.08. The van der Waals surface area contributed by atoms with Gasteiger partial charge in [-0.3, -0.25) is 4.72 Å². The molecule has 0 spiro atoms. The molecule has 1 fully saturated rings. The smallest absolute Gasteiger partial charge is 0.237 e. The molecule has 1 unspecified atom stereocenters. The van der Waals surface area contributed by atoms with Crippen LogP contribution in [0.2, 0.25) is 0 Å². The Bertz CT molecular complexity index is 1640. The molecule has 2 aromatic heterocycles. The van der Waals surface area contributed by atoms with Gasteiger partial charge in [-0.1, -0.05) is 30.3 Å². The second-order valence-corrected chi connectivity index (χ2v) is 11.6. The number of piperidine rings is 1. The van der Waals surface area contributed by atoms with Gasteiger partial charge in [0.25, 0.3) is 0 Å². The molecule has 1 saturated heterocycles. The van der Waals surface area contributed by atoms with E-state index in [9.17, 15) is 17.2 Å². The second-order valence-electron chi connectivity index (χ2n) is 9.90. The van der Waals surface area contributed by atoms with Crippen LogP contribution in [-0.2, 0) is 15.8 Å². The van der Waals surface area contributed by atoms with Gasteiger partial charge in [0.2, 0.25) is 27.7 Å². The van der Waals surface area contributed by atoms with Gasteiger partial charge in [0.15, 0.2) is 11.6 Å². The lowest BCUT2D eigenvalue weighted by atomic mass is 9.95. The first kappa shape index (κ1) is 28.3. The first-order valence-corrected chi connectivity index (χ1v) is 14.4. The Morgan fingerprint density at radius 1 is 1.02 bits per heavy atom. The molecule has 41 heavy (non-hydrogen) atoms. The zero-order chi connectivity index (χ0) is 29.0. The molecule has 3 heterocycles. The van der Waals surface area contributed by atoms with Crippen molar-refractivity contribution in [1.82, 2.24) is 20.3 Å². The molecule has 214 valence electrons. The third-order valence-electron chi connectivity index (χ3n) is 6.31. The maximum Gasteiger partial charge on any atom is 0.237 e. The Morgan fingerprint density at radius 3 is 2.61 bits per heavy atom. The Labute approximate surface area is 235 Å². The van der Waals surface area contributed by atoms with E-state index in [1.54, 1.807) is 48.5 Å². The molecule has 5 rings (SSSR count). The summed E-state index contributed by atoms with van der Waals surface area (Å²) >= 11 is 0. The molecule has 9 nitrogen and oxygen atoms in total. The van der Waals surface area contributed by atoms with Crippen molar-refractivity contribution in [2.24, 2.45) is 0 Å². The number of anilines is 2. The number of nitrogens with one attached hydrogen (secondary N) is 3. The van der Waals surface area contributed by atoms with E-state index in [0.29, 0.717) is 23.4 Å².